The van der Waals surface area contributed by atoms with E-state index in [0.29, 0.717) is 17.3 Å². The highest BCUT2D eigenvalue weighted by Gasteiger charge is 2.45. The van der Waals surface area contributed by atoms with Crippen LogP contribution in [0.1, 0.15) is 28.8 Å². The van der Waals surface area contributed by atoms with Crippen LogP contribution >= 0.6 is 11.6 Å². The number of piperidine rings is 1. The van der Waals surface area contributed by atoms with E-state index in [0.717, 1.165) is 49.7 Å². The molecule has 0 radical (unpaired) electrons. The van der Waals surface area contributed by atoms with Crippen LogP contribution in [0.4, 0.5) is 23.2 Å². The van der Waals surface area contributed by atoms with Crippen molar-refractivity contribution in [2.45, 2.75) is 43.2 Å². The van der Waals surface area contributed by atoms with Crippen LogP contribution in [0.25, 0.3) is 0 Å². The smallest absolute Gasteiger partial charge is 0.487 e. The summed E-state index contributed by atoms with van der Waals surface area (Å²) >= 11 is 6.12. The van der Waals surface area contributed by atoms with Crippen LogP contribution in [-0.2, 0) is 11.2 Å². The lowest BCUT2D eigenvalue weighted by atomic mass is 9.86. The number of ether oxygens (including phenoxy) is 1. The molecule has 0 aliphatic carbocycles. The maximum Gasteiger partial charge on any atom is 0.490 e. The van der Waals surface area contributed by atoms with Crippen molar-refractivity contribution >= 4 is 29.2 Å². The first kappa shape index (κ1) is 27.9. The van der Waals surface area contributed by atoms with Gasteiger partial charge in [-0.25, -0.2) is 14.0 Å². The molecule has 3 N–H and O–H groups in total. The van der Waals surface area contributed by atoms with Gasteiger partial charge in [-0.2, -0.15) is 13.2 Å². The Kier molecular flexibility index (Phi) is 7.78. The van der Waals surface area contributed by atoms with E-state index in [4.69, 9.17) is 26.2 Å². The normalized spacial score (nSPS) is 22.4. The van der Waals surface area contributed by atoms with Crippen molar-refractivity contribution in [1.82, 2.24) is 4.90 Å². The van der Waals surface area contributed by atoms with Gasteiger partial charge in [0.05, 0.1) is 23.4 Å². The van der Waals surface area contributed by atoms with Gasteiger partial charge in [0.15, 0.2) is 0 Å². The number of nitrogens with zero attached hydrogens (tertiary/aromatic N) is 2. The average molecular weight is 561 g/mol. The zero-order chi connectivity index (χ0) is 27.8. The topological polar surface area (TPSA) is 111 Å². The standard InChI is InChI=1S/C23H24ClFN2O4.C2HF3O2/c24-15-1-4-21-14(9-15)11-23(31-21)5-7-26(8-6-23)19-12-27(13-20(19)28)18-10-16(25)2-3-17(18)22(29)30;3-2(4,5)1(6)7/h1-4,9-10,19-20,28H,5-8,11-13H2,(H,29,30);(H,6,7)/t19?,20-;/m1./s1. The summed E-state index contributed by atoms with van der Waals surface area (Å²) in [5.74, 6) is -3.45. The van der Waals surface area contributed by atoms with Crippen LogP contribution in [0.3, 0.4) is 0 Å². The molecule has 3 aliphatic heterocycles. The minimum atomic E-state index is -5.08. The number of aliphatic carboxylic acids is 1. The maximum atomic E-state index is 13.8. The van der Waals surface area contributed by atoms with Crippen molar-refractivity contribution in [3.8, 4) is 5.75 Å². The number of hydrogen-bond acceptors (Lipinski definition) is 6. The zero-order valence-electron chi connectivity index (χ0n) is 19.9. The molecule has 0 bridgehead atoms. The highest BCUT2D eigenvalue weighted by molar-refractivity contribution is 6.30. The third-order valence-electron chi connectivity index (χ3n) is 7.07. The van der Waals surface area contributed by atoms with Gasteiger partial charge in [-0.05, 0) is 42.0 Å². The van der Waals surface area contributed by atoms with Crippen LogP contribution in [0.15, 0.2) is 36.4 Å². The van der Waals surface area contributed by atoms with E-state index in [-0.39, 0.29) is 23.8 Å². The molecule has 1 unspecified atom stereocenters. The monoisotopic (exact) mass is 560 g/mol. The molecule has 2 saturated heterocycles. The lowest BCUT2D eigenvalue weighted by molar-refractivity contribution is -0.192. The second kappa shape index (κ2) is 10.6. The Labute approximate surface area is 220 Å². The van der Waals surface area contributed by atoms with Crippen LogP contribution in [0, 0.1) is 5.82 Å². The molecule has 206 valence electrons. The molecule has 3 heterocycles. The fourth-order valence-corrected chi connectivity index (χ4v) is 5.41. The number of carbonyl (C=O) groups is 2. The van der Waals surface area contributed by atoms with Crippen molar-refractivity contribution in [3.05, 3.63) is 58.4 Å². The van der Waals surface area contributed by atoms with E-state index in [2.05, 4.69) is 4.90 Å². The Balaban J connectivity index is 0.000000426. The number of carboxylic acid groups (broad SMARTS) is 2. The maximum absolute atomic E-state index is 13.8. The molecule has 8 nitrogen and oxygen atoms in total. The highest BCUT2D eigenvalue weighted by Crippen LogP contribution is 2.42. The third-order valence-corrected chi connectivity index (χ3v) is 7.31. The Hall–Kier alpha value is -3.09. The van der Waals surface area contributed by atoms with Crippen LogP contribution in [-0.4, -0.2) is 82.3 Å². The molecule has 2 aromatic rings. The summed E-state index contributed by atoms with van der Waals surface area (Å²) in [6.07, 6.45) is -3.22. The van der Waals surface area contributed by atoms with Crippen molar-refractivity contribution in [2.75, 3.05) is 31.1 Å². The summed E-state index contributed by atoms with van der Waals surface area (Å²) in [4.78, 5) is 24.5. The molecule has 38 heavy (non-hydrogen) atoms. The molecule has 3 aliphatic rings. The number of fused-ring (bicyclic) bond motifs is 1. The molecule has 0 amide bonds. The summed E-state index contributed by atoms with van der Waals surface area (Å²) in [7, 11) is 0. The summed E-state index contributed by atoms with van der Waals surface area (Å²) < 4.78 is 51.8. The number of hydrogen-bond donors (Lipinski definition) is 3. The molecule has 2 atom stereocenters. The van der Waals surface area contributed by atoms with Crippen LogP contribution < -0.4 is 9.64 Å². The number of benzene rings is 2. The van der Waals surface area contributed by atoms with Crippen molar-refractivity contribution < 1.29 is 47.2 Å². The number of aromatic carboxylic acids is 1. The largest absolute Gasteiger partial charge is 0.490 e. The first-order valence-corrected chi connectivity index (χ1v) is 12.1. The molecule has 2 fully saturated rings. The number of carboxylic acids is 2. The Morgan fingerprint density at radius 1 is 1.05 bits per heavy atom. The fourth-order valence-electron chi connectivity index (χ4n) is 5.22. The van der Waals surface area contributed by atoms with E-state index in [1.807, 2.05) is 18.2 Å². The number of anilines is 1. The van der Waals surface area contributed by atoms with Gasteiger partial charge >= 0.3 is 18.1 Å². The first-order chi connectivity index (χ1) is 17.8. The average Bonchev–Trinajstić information content (AvgIpc) is 3.39. The number of likely N-dealkylation sites (tertiary alicyclic amines) is 1. The predicted molar refractivity (Wildman–Crippen MR) is 128 cm³/mol. The van der Waals surface area contributed by atoms with Crippen molar-refractivity contribution in [3.63, 3.8) is 0 Å². The second-order valence-corrected chi connectivity index (χ2v) is 10.00. The van der Waals surface area contributed by atoms with Gasteiger partial charge in [-0.15, -0.1) is 0 Å². The lowest BCUT2D eigenvalue weighted by Gasteiger charge is -2.41. The second-order valence-electron chi connectivity index (χ2n) is 9.56. The lowest BCUT2D eigenvalue weighted by Crippen LogP contribution is -2.53. The number of aliphatic hydroxyl groups is 1. The van der Waals surface area contributed by atoms with Gasteiger partial charge in [-0.1, -0.05) is 11.6 Å². The highest BCUT2D eigenvalue weighted by atomic mass is 35.5. The molecule has 2 aromatic carbocycles. The molecular formula is C25H25ClF4N2O6. The van der Waals surface area contributed by atoms with Gasteiger partial charge in [-0.3, -0.25) is 4.90 Å². The Bertz CT molecular complexity index is 1220. The number of rotatable bonds is 3. The molecule has 0 saturated carbocycles. The van der Waals surface area contributed by atoms with E-state index < -0.39 is 30.0 Å². The Morgan fingerprint density at radius 3 is 2.32 bits per heavy atom. The minimum absolute atomic E-state index is 0.0441. The quantitative estimate of drug-likeness (QED) is 0.486. The minimum Gasteiger partial charge on any atom is -0.487 e. The van der Waals surface area contributed by atoms with Gasteiger partial charge < -0.3 is 25.0 Å². The first-order valence-electron chi connectivity index (χ1n) is 11.8. The van der Waals surface area contributed by atoms with Gasteiger partial charge in [0.2, 0.25) is 0 Å². The van der Waals surface area contributed by atoms with E-state index in [9.17, 15) is 32.6 Å². The summed E-state index contributed by atoms with van der Waals surface area (Å²) in [6.45, 7) is 2.27. The van der Waals surface area contributed by atoms with Gasteiger partial charge in [0, 0.05) is 50.5 Å². The molecule has 5 rings (SSSR count). The number of β-amino-alcohol motifs (C(OH)–C–C–N with tert-alkyl or cyclic N) is 1. The van der Waals surface area contributed by atoms with E-state index in [1.165, 1.54) is 12.1 Å². The SMILES string of the molecule is O=C(O)C(F)(F)F.O=C(O)c1ccc(F)cc1N1CC(N2CCC3(CC2)Cc2cc(Cl)ccc2O3)[C@H](O)C1. The summed E-state index contributed by atoms with van der Waals surface area (Å²) in [5.41, 5.74) is 1.27. The van der Waals surface area contributed by atoms with Gasteiger partial charge in [0.25, 0.3) is 0 Å². The van der Waals surface area contributed by atoms with Gasteiger partial charge in [0.1, 0.15) is 17.2 Å². The van der Waals surface area contributed by atoms with Crippen molar-refractivity contribution in [2.24, 2.45) is 0 Å². The molecular weight excluding hydrogens is 536 g/mol. The van der Waals surface area contributed by atoms with E-state index in [1.54, 1.807) is 4.90 Å². The van der Waals surface area contributed by atoms with Crippen molar-refractivity contribution in [1.29, 1.82) is 0 Å². The number of aliphatic hydroxyl groups excluding tert-OH is 1. The van der Waals surface area contributed by atoms with E-state index >= 15 is 0 Å². The van der Waals surface area contributed by atoms with Crippen LogP contribution in [0.5, 0.6) is 5.75 Å². The Morgan fingerprint density at radius 2 is 1.71 bits per heavy atom. The fraction of sp³-hybridized carbons (Fsp3) is 0.440. The predicted octanol–water partition coefficient (Wildman–Crippen LogP) is 3.83. The number of alkyl halides is 3. The molecule has 0 aromatic heterocycles. The summed E-state index contributed by atoms with van der Waals surface area (Å²) in [5, 5.41) is 28.0. The zero-order valence-corrected chi connectivity index (χ0v) is 20.7. The van der Waals surface area contributed by atoms with Crippen LogP contribution in [0.2, 0.25) is 5.02 Å². The molecule has 13 heteroatoms. The summed E-state index contributed by atoms with van der Waals surface area (Å²) in [6, 6.07) is 9.26. The molecule has 1 spiro atoms. The number of halogens is 5. The third kappa shape index (κ3) is 5.97.